The Labute approximate surface area is 94.0 Å². The Kier molecular flexibility index (Phi) is 2.65. The van der Waals surface area contributed by atoms with Gasteiger partial charge in [-0.3, -0.25) is 0 Å². The summed E-state index contributed by atoms with van der Waals surface area (Å²) in [5, 5.41) is 10.2. The van der Waals surface area contributed by atoms with Gasteiger partial charge in [0, 0.05) is 5.02 Å². The van der Waals surface area contributed by atoms with Gasteiger partial charge in [0.25, 0.3) is 0 Å². The number of aryl methyl sites for hydroxylation is 1. The fourth-order valence-electron chi connectivity index (χ4n) is 1.57. The molecule has 0 radical (unpaired) electrons. The molecule has 2 heteroatoms. The van der Waals surface area contributed by atoms with Gasteiger partial charge in [0.15, 0.2) is 0 Å². The molecule has 0 saturated carbocycles. The van der Waals surface area contributed by atoms with Crippen LogP contribution in [0.4, 0.5) is 0 Å². The Morgan fingerprint density at radius 3 is 2.20 bits per heavy atom. The summed E-state index contributed by atoms with van der Waals surface area (Å²) in [6.45, 7) is 1.96. The molecule has 76 valence electrons. The maximum Gasteiger partial charge on any atom is 0.116 e. The van der Waals surface area contributed by atoms with Gasteiger partial charge in [-0.2, -0.15) is 0 Å². The van der Waals surface area contributed by atoms with E-state index >= 15 is 0 Å². The van der Waals surface area contributed by atoms with E-state index < -0.39 is 0 Å². The van der Waals surface area contributed by atoms with Gasteiger partial charge in [-0.05, 0) is 47.9 Å². The van der Waals surface area contributed by atoms with Gasteiger partial charge < -0.3 is 5.11 Å². The van der Waals surface area contributed by atoms with E-state index in [0.717, 1.165) is 21.7 Å². The number of aromatic hydroxyl groups is 1. The normalized spacial score (nSPS) is 10.3. The zero-order valence-electron chi connectivity index (χ0n) is 8.37. The Balaban J connectivity index is 2.49. The zero-order valence-corrected chi connectivity index (χ0v) is 9.12. The van der Waals surface area contributed by atoms with Crippen molar-refractivity contribution in [2.45, 2.75) is 6.92 Å². The number of benzene rings is 2. The van der Waals surface area contributed by atoms with Crippen LogP contribution in [0.5, 0.6) is 5.75 Å². The first-order chi connectivity index (χ1) is 7.15. The Morgan fingerprint density at radius 1 is 0.933 bits per heavy atom. The molecule has 2 aromatic carbocycles. The lowest BCUT2D eigenvalue weighted by Crippen LogP contribution is -1.79. The maximum atomic E-state index is 9.48. The van der Waals surface area contributed by atoms with Gasteiger partial charge >= 0.3 is 0 Å². The van der Waals surface area contributed by atoms with Crippen molar-refractivity contribution in [2.75, 3.05) is 0 Å². The summed E-state index contributed by atoms with van der Waals surface area (Å²) in [7, 11) is 0. The quantitative estimate of drug-likeness (QED) is 0.767. The molecule has 0 amide bonds. The first-order valence-corrected chi connectivity index (χ1v) is 5.09. The molecule has 1 nitrogen and oxygen atoms in total. The highest BCUT2D eigenvalue weighted by molar-refractivity contribution is 6.30. The summed E-state index contributed by atoms with van der Waals surface area (Å²) >= 11 is 5.81. The fraction of sp³-hybridized carbons (Fsp3) is 0.0769. The van der Waals surface area contributed by atoms with E-state index in [9.17, 15) is 5.11 Å². The van der Waals surface area contributed by atoms with E-state index in [4.69, 9.17) is 11.6 Å². The number of hydrogen-bond donors (Lipinski definition) is 1. The highest BCUT2D eigenvalue weighted by Crippen LogP contribution is 2.26. The second-order valence-corrected chi connectivity index (χ2v) is 4.00. The van der Waals surface area contributed by atoms with Gasteiger partial charge in [-0.1, -0.05) is 29.8 Å². The molecule has 2 rings (SSSR count). The van der Waals surface area contributed by atoms with Crippen molar-refractivity contribution < 1.29 is 5.11 Å². The Hall–Kier alpha value is -1.47. The van der Waals surface area contributed by atoms with E-state index in [1.807, 2.05) is 37.3 Å². The molecule has 0 unspecified atom stereocenters. The summed E-state index contributed by atoms with van der Waals surface area (Å²) in [4.78, 5) is 0. The van der Waals surface area contributed by atoms with Crippen LogP contribution >= 0.6 is 11.6 Å². The predicted octanol–water partition coefficient (Wildman–Crippen LogP) is 4.02. The van der Waals surface area contributed by atoms with Gasteiger partial charge in [0.1, 0.15) is 5.75 Å². The fourth-order valence-corrected chi connectivity index (χ4v) is 1.70. The van der Waals surface area contributed by atoms with Gasteiger partial charge in [0.2, 0.25) is 0 Å². The lowest BCUT2D eigenvalue weighted by molar-refractivity contribution is 0.475. The van der Waals surface area contributed by atoms with Crippen molar-refractivity contribution in [3.63, 3.8) is 0 Å². The van der Waals surface area contributed by atoms with Crippen molar-refractivity contribution in [3.8, 4) is 16.9 Å². The van der Waals surface area contributed by atoms with Crippen molar-refractivity contribution in [1.82, 2.24) is 0 Å². The molecule has 0 aliphatic rings. The molecule has 1 N–H and O–H groups in total. The minimum absolute atomic E-state index is 0.292. The van der Waals surface area contributed by atoms with Gasteiger partial charge in [-0.15, -0.1) is 0 Å². The third kappa shape index (κ3) is 2.31. The molecule has 0 bridgehead atoms. The molecule has 0 atom stereocenters. The van der Waals surface area contributed by atoms with Crippen molar-refractivity contribution in [3.05, 3.63) is 53.1 Å². The average molecular weight is 219 g/mol. The van der Waals surface area contributed by atoms with Crippen LogP contribution in [0.3, 0.4) is 0 Å². The van der Waals surface area contributed by atoms with Crippen LogP contribution in [0.1, 0.15) is 5.56 Å². The second-order valence-electron chi connectivity index (χ2n) is 3.56. The van der Waals surface area contributed by atoms with Crippen LogP contribution in [0.2, 0.25) is 5.02 Å². The molecular weight excluding hydrogens is 208 g/mol. The predicted molar refractivity (Wildman–Crippen MR) is 63.3 cm³/mol. The molecule has 0 aliphatic carbocycles. The number of rotatable bonds is 1. The summed E-state index contributed by atoms with van der Waals surface area (Å²) in [6, 6.07) is 13.1. The van der Waals surface area contributed by atoms with Crippen molar-refractivity contribution in [2.24, 2.45) is 0 Å². The molecule has 0 aliphatic heterocycles. The molecule has 0 fully saturated rings. The molecule has 2 aromatic rings. The van der Waals surface area contributed by atoms with Crippen molar-refractivity contribution in [1.29, 1.82) is 0 Å². The van der Waals surface area contributed by atoms with Crippen LogP contribution in [-0.2, 0) is 0 Å². The van der Waals surface area contributed by atoms with Crippen LogP contribution in [0.25, 0.3) is 11.1 Å². The van der Waals surface area contributed by atoms with Gasteiger partial charge in [-0.25, -0.2) is 0 Å². The lowest BCUT2D eigenvalue weighted by atomic mass is 10.0. The molecular formula is C13H11ClO. The first kappa shape index (κ1) is 10.1. The van der Waals surface area contributed by atoms with E-state index in [1.165, 1.54) is 0 Å². The number of halogens is 1. The SMILES string of the molecule is Cc1cc(O)cc(-c2ccc(Cl)cc2)c1. The third-order valence-electron chi connectivity index (χ3n) is 2.24. The maximum absolute atomic E-state index is 9.48. The summed E-state index contributed by atoms with van der Waals surface area (Å²) < 4.78 is 0. The van der Waals surface area contributed by atoms with E-state index in [0.29, 0.717) is 5.75 Å². The number of phenols is 1. The highest BCUT2D eigenvalue weighted by atomic mass is 35.5. The van der Waals surface area contributed by atoms with Crippen LogP contribution in [0.15, 0.2) is 42.5 Å². The van der Waals surface area contributed by atoms with E-state index in [2.05, 4.69) is 0 Å². The van der Waals surface area contributed by atoms with Crippen molar-refractivity contribution >= 4 is 11.6 Å². The summed E-state index contributed by atoms with van der Waals surface area (Å²) in [6.07, 6.45) is 0. The zero-order chi connectivity index (χ0) is 10.8. The molecule has 0 saturated heterocycles. The molecule has 0 aromatic heterocycles. The lowest BCUT2D eigenvalue weighted by Gasteiger charge is -2.04. The smallest absolute Gasteiger partial charge is 0.116 e. The third-order valence-corrected chi connectivity index (χ3v) is 2.49. The topological polar surface area (TPSA) is 20.2 Å². The molecule has 0 spiro atoms. The number of hydrogen-bond acceptors (Lipinski definition) is 1. The monoisotopic (exact) mass is 218 g/mol. The largest absolute Gasteiger partial charge is 0.508 e. The first-order valence-electron chi connectivity index (χ1n) is 4.72. The summed E-state index contributed by atoms with van der Waals surface area (Å²) in [5.41, 5.74) is 3.10. The van der Waals surface area contributed by atoms with Gasteiger partial charge in [0.05, 0.1) is 0 Å². The Morgan fingerprint density at radius 2 is 1.60 bits per heavy atom. The molecule has 0 heterocycles. The van der Waals surface area contributed by atoms with Crippen LogP contribution < -0.4 is 0 Å². The molecule has 15 heavy (non-hydrogen) atoms. The van der Waals surface area contributed by atoms with E-state index in [1.54, 1.807) is 12.1 Å². The minimum atomic E-state index is 0.292. The van der Waals surface area contributed by atoms with Crippen LogP contribution in [0, 0.1) is 6.92 Å². The van der Waals surface area contributed by atoms with E-state index in [-0.39, 0.29) is 0 Å². The summed E-state index contributed by atoms with van der Waals surface area (Å²) in [5.74, 6) is 0.292. The van der Waals surface area contributed by atoms with Crippen LogP contribution in [-0.4, -0.2) is 5.11 Å². The second kappa shape index (κ2) is 3.95. The standard InChI is InChI=1S/C13H11ClO/c1-9-6-11(8-13(15)7-9)10-2-4-12(14)5-3-10/h2-8,15H,1H3. The Bertz CT molecular complexity index is 454. The minimum Gasteiger partial charge on any atom is -0.508 e. The average Bonchev–Trinajstić information content (AvgIpc) is 2.17. The number of phenolic OH excluding ortho intramolecular Hbond substituents is 1. The highest BCUT2D eigenvalue weighted by Gasteiger charge is 2.00.